The molecule has 1 atom stereocenters. The Hall–Kier alpha value is -2.34. The number of hydrogen-bond acceptors (Lipinski definition) is 5. The summed E-state index contributed by atoms with van der Waals surface area (Å²) in [5.74, 6) is 0.180. The van der Waals surface area contributed by atoms with Gasteiger partial charge in [-0.05, 0) is 49.3 Å². The summed E-state index contributed by atoms with van der Waals surface area (Å²) in [6.07, 6.45) is 3.53. The Labute approximate surface area is 195 Å². The molecule has 4 fully saturated rings. The molecule has 12 heteroatoms. The number of urea groups is 1. The van der Waals surface area contributed by atoms with E-state index in [1.54, 1.807) is 4.90 Å². The highest BCUT2D eigenvalue weighted by Crippen LogP contribution is 2.49. The molecule has 34 heavy (non-hydrogen) atoms. The van der Waals surface area contributed by atoms with Crippen molar-refractivity contribution in [2.24, 2.45) is 11.3 Å². The second-order valence-corrected chi connectivity index (χ2v) is 12.2. The van der Waals surface area contributed by atoms with Crippen molar-refractivity contribution in [1.29, 1.82) is 0 Å². The van der Waals surface area contributed by atoms with Crippen LogP contribution in [0.25, 0.3) is 0 Å². The van der Waals surface area contributed by atoms with Gasteiger partial charge < -0.3 is 19.9 Å². The highest BCUT2D eigenvalue weighted by molar-refractivity contribution is 7.92. The van der Waals surface area contributed by atoms with Crippen LogP contribution in [0.5, 0.6) is 0 Å². The van der Waals surface area contributed by atoms with Gasteiger partial charge in [-0.1, -0.05) is 12.1 Å². The molecule has 186 valence electrons. The van der Waals surface area contributed by atoms with Crippen LogP contribution in [0.1, 0.15) is 24.8 Å². The summed E-state index contributed by atoms with van der Waals surface area (Å²) in [5.41, 5.74) is -4.89. The van der Waals surface area contributed by atoms with Crippen LogP contribution in [0.15, 0.2) is 29.2 Å². The van der Waals surface area contributed by atoms with E-state index in [1.165, 1.54) is 12.1 Å². The molecule has 1 aromatic carbocycles. The number of likely N-dealkylation sites (tertiary alicyclic amines) is 2. The minimum Gasteiger partial charge on any atom is -0.369 e. The standard InChI is InChI=1S/C22H26F3N3O5S/c23-22(24,25)34(31,32)17-3-1-15(2-4-17)7-16-5-6-20(8-16)10-27(11-20)19(30)28-12-21(13-28)14-33-9-18(29)26-21/h1-4,16H,5-14H2,(H,26,29)/t16-/m0/s1. The van der Waals surface area contributed by atoms with Crippen LogP contribution in [-0.2, 0) is 25.8 Å². The molecular weight excluding hydrogens is 475 g/mol. The van der Waals surface area contributed by atoms with Crippen molar-refractivity contribution in [2.45, 2.75) is 41.6 Å². The topological polar surface area (TPSA) is 96.0 Å². The number of amides is 3. The lowest BCUT2D eigenvalue weighted by Gasteiger charge is -2.56. The average molecular weight is 502 g/mol. The first kappa shape index (κ1) is 23.4. The van der Waals surface area contributed by atoms with Crippen molar-refractivity contribution < 1.29 is 35.9 Å². The largest absolute Gasteiger partial charge is 0.501 e. The zero-order chi connectivity index (χ0) is 24.4. The molecule has 1 aromatic rings. The maximum atomic E-state index is 12.8. The van der Waals surface area contributed by atoms with Crippen LogP contribution in [0, 0.1) is 11.3 Å². The number of sulfone groups is 1. The molecule has 3 saturated heterocycles. The zero-order valence-electron chi connectivity index (χ0n) is 18.4. The zero-order valence-corrected chi connectivity index (χ0v) is 19.3. The molecular formula is C22H26F3N3O5S. The molecule has 0 radical (unpaired) electrons. The minimum absolute atomic E-state index is 0.0269. The van der Waals surface area contributed by atoms with E-state index in [-0.39, 0.29) is 24.0 Å². The van der Waals surface area contributed by atoms with Gasteiger partial charge in [0.05, 0.1) is 17.0 Å². The van der Waals surface area contributed by atoms with Gasteiger partial charge in [0.25, 0.3) is 9.84 Å². The van der Waals surface area contributed by atoms with E-state index < -0.39 is 25.8 Å². The number of hydrogen-bond donors (Lipinski definition) is 1. The van der Waals surface area contributed by atoms with Crippen LogP contribution in [0.2, 0.25) is 0 Å². The summed E-state index contributed by atoms with van der Waals surface area (Å²) in [5, 5.41) is 2.92. The smallest absolute Gasteiger partial charge is 0.369 e. The Morgan fingerprint density at radius 2 is 1.76 bits per heavy atom. The first-order chi connectivity index (χ1) is 15.9. The first-order valence-electron chi connectivity index (χ1n) is 11.2. The van der Waals surface area contributed by atoms with Gasteiger partial charge in [0, 0.05) is 31.6 Å². The molecule has 2 spiro atoms. The molecule has 1 saturated carbocycles. The molecule has 3 aliphatic heterocycles. The number of carbonyl (C=O) groups excluding carboxylic acids is 2. The van der Waals surface area contributed by atoms with Crippen molar-refractivity contribution in [1.82, 2.24) is 15.1 Å². The molecule has 3 heterocycles. The van der Waals surface area contributed by atoms with Crippen LogP contribution in [-0.4, -0.2) is 80.6 Å². The highest BCUT2D eigenvalue weighted by atomic mass is 32.2. The quantitative estimate of drug-likeness (QED) is 0.683. The van der Waals surface area contributed by atoms with Gasteiger partial charge in [-0.15, -0.1) is 0 Å². The van der Waals surface area contributed by atoms with Gasteiger partial charge >= 0.3 is 11.5 Å². The lowest BCUT2D eigenvalue weighted by atomic mass is 9.77. The number of nitrogens with one attached hydrogen (secondary N) is 1. The van der Waals surface area contributed by atoms with Crippen molar-refractivity contribution >= 4 is 21.8 Å². The van der Waals surface area contributed by atoms with E-state index in [1.807, 2.05) is 4.90 Å². The summed E-state index contributed by atoms with van der Waals surface area (Å²) in [7, 11) is -5.33. The monoisotopic (exact) mass is 501 g/mol. The third-order valence-electron chi connectivity index (χ3n) is 7.46. The summed E-state index contributed by atoms with van der Waals surface area (Å²) in [6.45, 7) is 2.72. The van der Waals surface area contributed by atoms with Gasteiger partial charge in [0.2, 0.25) is 5.91 Å². The van der Waals surface area contributed by atoms with Crippen molar-refractivity contribution in [2.75, 3.05) is 39.4 Å². The number of nitrogens with zero attached hydrogens (tertiary/aromatic N) is 2. The van der Waals surface area contributed by atoms with Gasteiger partial charge in [-0.25, -0.2) is 13.2 Å². The van der Waals surface area contributed by atoms with Gasteiger partial charge in [0.1, 0.15) is 6.61 Å². The fourth-order valence-electron chi connectivity index (χ4n) is 5.86. The summed E-state index contributed by atoms with van der Waals surface area (Å²) >= 11 is 0. The molecule has 0 aromatic heterocycles. The maximum absolute atomic E-state index is 12.8. The molecule has 0 bridgehead atoms. The number of carbonyl (C=O) groups is 2. The number of alkyl halides is 3. The third kappa shape index (κ3) is 4.04. The van der Waals surface area contributed by atoms with Crippen molar-refractivity contribution in [3.63, 3.8) is 0 Å². The van der Waals surface area contributed by atoms with E-state index in [2.05, 4.69) is 5.32 Å². The molecule has 5 rings (SSSR count). The molecule has 1 aliphatic carbocycles. The van der Waals surface area contributed by atoms with Crippen LogP contribution >= 0.6 is 0 Å². The van der Waals surface area contributed by atoms with E-state index in [4.69, 9.17) is 4.74 Å². The number of ether oxygens (including phenoxy) is 1. The Bertz CT molecular complexity index is 1090. The van der Waals surface area contributed by atoms with Gasteiger partial charge in [-0.2, -0.15) is 13.2 Å². The summed E-state index contributed by atoms with van der Waals surface area (Å²) in [4.78, 5) is 27.2. The SMILES string of the molecule is O=C1COCC2(CN(C(=O)N3CC4(CC[C@@H](Cc5ccc(S(=O)(=O)C(F)(F)F)cc5)C4)C3)C2)N1. The Kier molecular flexibility index (Phi) is 5.40. The number of rotatable bonds is 3. The highest BCUT2D eigenvalue weighted by Gasteiger charge is 2.54. The van der Waals surface area contributed by atoms with E-state index in [0.29, 0.717) is 45.1 Å². The summed E-state index contributed by atoms with van der Waals surface area (Å²) < 4.78 is 66.5. The lowest BCUT2D eigenvalue weighted by molar-refractivity contribution is -0.142. The second kappa shape index (κ2) is 7.84. The van der Waals surface area contributed by atoms with Crippen LogP contribution in [0.3, 0.4) is 0 Å². The molecule has 4 aliphatic rings. The normalized spacial score (nSPS) is 25.7. The first-order valence-corrected chi connectivity index (χ1v) is 12.7. The summed E-state index contributed by atoms with van der Waals surface area (Å²) in [6, 6.07) is 4.92. The number of halogens is 3. The Morgan fingerprint density at radius 3 is 2.38 bits per heavy atom. The number of morpholine rings is 1. The number of benzene rings is 1. The Balaban J connectivity index is 1.11. The minimum atomic E-state index is -5.33. The van der Waals surface area contributed by atoms with E-state index >= 15 is 0 Å². The fraction of sp³-hybridized carbons (Fsp3) is 0.636. The lowest BCUT2D eigenvalue weighted by Crippen LogP contribution is -2.77. The second-order valence-electron chi connectivity index (χ2n) is 10.2. The molecule has 8 nitrogen and oxygen atoms in total. The molecule has 0 unspecified atom stereocenters. The van der Waals surface area contributed by atoms with Crippen molar-refractivity contribution in [3.05, 3.63) is 29.8 Å². The predicted molar refractivity (Wildman–Crippen MR) is 113 cm³/mol. The molecule has 1 N–H and O–H groups in total. The van der Waals surface area contributed by atoms with Gasteiger partial charge in [-0.3, -0.25) is 4.79 Å². The predicted octanol–water partition coefficient (Wildman–Crippen LogP) is 1.95. The van der Waals surface area contributed by atoms with Crippen molar-refractivity contribution in [3.8, 4) is 0 Å². The fourth-order valence-corrected chi connectivity index (χ4v) is 6.62. The van der Waals surface area contributed by atoms with Gasteiger partial charge in [0.15, 0.2) is 0 Å². The van der Waals surface area contributed by atoms with E-state index in [0.717, 1.165) is 37.0 Å². The average Bonchev–Trinajstić information content (AvgIpc) is 3.14. The maximum Gasteiger partial charge on any atom is 0.501 e. The van der Waals surface area contributed by atoms with Crippen LogP contribution in [0.4, 0.5) is 18.0 Å². The van der Waals surface area contributed by atoms with E-state index in [9.17, 15) is 31.2 Å². The third-order valence-corrected chi connectivity index (χ3v) is 8.97. The molecule has 3 amide bonds. The van der Waals surface area contributed by atoms with Crippen LogP contribution < -0.4 is 5.32 Å². The Morgan fingerprint density at radius 1 is 1.12 bits per heavy atom.